The van der Waals surface area contributed by atoms with Crippen LogP contribution in [0.15, 0.2) is 45.3 Å². The number of ketones is 2. The highest BCUT2D eigenvalue weighted by molar-refractivity contribution is 9.10. The third-order valence-corrected chi connectivity index (χ3v) is 12.4. The zero-order chi connectivity index (χ0) is 38.4. The summed E-state index contributed by atoms with van der Waals surface area (Å²) in [5.41, 5.74) is 3.20. The van der Waals surface area contributed by atoms with Gasteiger partial charge in [-0.2, -0.15) is 26.0 Å². The van der Waals surface area contributed by atoms with Crippen LogP contribution in [0.4, 0.5) is 21.4 Å². The van der Waals surface area contributed by atoms with Gasteiger partial charge in [0, 0.05) is 30.9 Å². The first-order valence-corrected chi connectivity index (χ1v) is 19.2. The van der Waals surface area contributed by atoms with Gasteiger partial charge in [-0.05, 0) is 97.6 Å². The highest BCUT2D eigenvalue weighted by atomic mass is 79.9. The Morgan fingerprint density at radius 2 is 1.20 bits per heavy atom. The number of carboxylic acid groups (broad SMARTS) is 1. The van der Waals surface area contributed by atoms with E-state index >= 15 is 0 Å². The Kier molecular flexibility index (Phi) is 12.4. The summed E-state index contributed by atoms with van der Waals surface area (Å²) < 4.78 is 84.6. The Balaban J connectivity index is 0.000000184. The standard InChI is InChI=1S/C17H19BrF2O2.C16H19BrO2.C2HF3O4S/c1-9-6-17(7-10(2)14(9)22-16(19)20)8-11-3-4-12(18)5-13(11)15(17)21;1-9-6-16(7-10(2)14(9)18)8-11-3-4-12(17)5-13(11)15(16)19;3-2(4,1(6)7)10(5,8)9/h3-5,9-10,14,16H,6-8H2,1-2H3;3-5,9-10,14,18H,6-8H2,1-2H3;(H,6,7)/t9-,10+,14?,17?;9-,10+,14?,16?;. The fraction of sp³-hybridized carbons (Fsp3) is 0.571. The van der Waals surface area contributed by atoms with Gasteiger partial charge in [0.25, 0.3) is 0 Å². The van der Waals surface area contributed by atoms with Crippen molar-refractivity contribution in [2.45, 2.75) is 90.3 Å². The van der Waals surface area contributed by atoms with Gasteiger partial charge in [0.05, 0.1) is 12.2 Å². The maximum Gasteiger partial charge on any atom is 0.470 e. The number of alkyl halides is 4. The summed E-state index contributed by atoms with van der Waals surface area (Å²) in [6.45, 7) is 5.20. The normalized spacial score (nSPS) is 31.5. The molecule has 0 radical (unpaired) electrons. The van der Waals surface area contributed by atoms with E-state index in [1.54, 1.807) is 0 Å². The molecule has 0 aromatic heterocycles. The van der Waals surface area contributed by atoms with Crippen molar-refractivity contribution in [3.05, 3.63) is 67.6 Å². The minimum atomic E-state index is -6.33. The second kappa shape index (κ2) is 15.2. The highest BCUT2D eigenvalue weighted by Crippen LogP contribution is 2.53. The summed E-state index contributed by atoms with van der Waals surface area (Å²) in [4.78, 5) is 35.1. The monoisotopic (exact) mass is 872 g/mol. The van der Waals surface area contributed by atoms with E-state index in [1.807, 2.05) is 44.2 Å². The van der Waals surface area contributed by atoms with Crippen molar-refractivity contribution in [2.75, 3.05) is 0 Å². The molecule has 0 amide bonds. The first-order valence-electron chi connectivity index (χ1n) is 16.3. The molecular formula is C35H39Br2F5O8S. The van der Waals surface area contributed by atoms with Crippen LogP contribution in [0.5, 0.6) is 0 Å². The third kappa shape index (κ3) is 8.44. The van der Waals surface area contributed by atoms with E-state index in [9.17, 15) is 49.4 Å². The van der Waals surface area contributed by atoms with Gasteiger partial charge in [-0.25, -0.2) is 4.79 Å². The Hall–Kier alpha value is -2.27. The number of aliphatic hydroxyl groups excluding tert-OH is 1. The van der Waals surface area contributed by atoms with Crippen LogP contribution in [0, 0.1) is 34.5 Å². The second-order valence-electron chi connectivity index (χ2n) is 14.5. The molecule has 2 spiro atoms. The van der Waals surface area contributed by atoms with Crippen LogP contribution < -0.4 is 0 Å². The van der Waals surface area contributed by atoms with Crippen molar-refractivity contribution in [2.24, 2.45) is 34.5 Å². The summed E-state index contributed by atoms with van der Waals surface area (Å²) >= 11 is 6.86. The maximum absolute atomic E-state index is 12.9. The summed E-state index contributed by atoms with van der Waals surface area (Å²) in [5, 5.41) is 12.2. The molecule has 4 aliphatic rings. The van der Waals surface area contributed by atoms with Crippen molar-refractivity contribution in [1.29, 1.82) is 0 Å². The van der Waals surface area contributed by atoms with Gasteiger partial charge in [-0.15, -0.1) is 0 Å². The van der Waals surface area contributed by atoms with Crippen molar-refractivity contribution in [3.8, 4) is 0 Å². The number of aliphatic hydroxyl groups is 1. The molecule has 6 rings (SSSR count). The molecule has 0 aliphatic heterocycles. The van der Waals surface area contributed by atoms with Gasteiger partial charge in [-0.3, -0.25) is 9.59 Å². The van der Waals surface area contributed by atoms with Crippen LogP contribution in [-0.4, -0.2) is 60.2 Å². The zero-order valence-corrected chi connectivity index (χ0v) is 32.1. The lowest BCUT2D eigenvalue weighted by atomic mass is 9.63. The molecule has 8 nitrogen and oxygen atoms in total. The summed E-state index contributed by atoms with van der Waals surface area (Å²) in [7, 11) is -6.33. The Bertz CT molecular complexity index is 1760. The molecular weight excluding hydrogens is 835 g/mol. The number of carboxylic acids is 1. The van der Waals surface area contributed by atoms with Crippen molar-refractivity contribution < 1.29 is 59.2 Å². The molecule has 2 aromatic carbocycles. The number of rotatable bonds is 4. The summed E-state index contributed by atoms with van der Waals surface area (Å²) in [6, 6.07) is 11.8. The Morgan fingerprint density at radius 3 is 1.51 bits per heavy atom. The van der Waals surface area contributed by atoms with Crippen LogP contribution in [-0.2, 0) is 32.6 Å². The van der Waals surface area contributed by atoms with Crippen LogP contribution in [0.25, 0.3) is 0 Å². The largest absolute Gasteiger partial charge is 0.476 e. The molecule has 0 saturated heterocycles. The van der Waals surface area contributed by atoms with E-state index in [-0.39, 0.29) is 46.8 Å². The number of carbonyl (C=O) groups excluding carboxylic acids is 2. The predicted octanol–water partition coefficient (Wildman–Crippen LogP) is 8.41. The van der Waals surface area contributed by atoms with Gasteiger partial charge in [0.2, 0.25) is 0 Å². The number of fused-ring (bicyclic) bond motifs is 2. The number of Topliss-reactive ketones (excluding diaryl/α,β-unsaturated/α-hetero) is 2. The fourth-order valence-electron chi connectivity index (χ4n) is 8.67. The van der Waals surface area contributed by atoms with E-state index in [4.69, 9.17) is 9.84 Å². The first kappa shape index (κ1) is 41.5. The first-order chi connectivity index (χ1) is 23.4. The van der Waals surface area contributed by atoms with Gasteiger partial charge in [-0.1, -0.05) is 75.6 Å². The van der Waals surface area contributed by atoms with E-state index in [2.05, 4.69) is 51.8 Å². The van der Waals surface area contributed by atoms with Crippen molar-refractivity contribution >= 4 is 59.6 Å². The van der Waals surface area contributed by atoms with Crippen LogP contribution >= 0.6 is 31.9 Å². The molecule has 0 heterocycles. The number of aliphatic carboxylic acids is 1. The minimum Gasteiger partial charge on any atom is -0.476 e. The van der Waals surface area contributed by atoms with Crippen LogP contribution in [0.2, 0.25) is 0 Å². The molecule has 2 fully saturated rings. The van der Waals surface area contributed by atoms with Gasteiger partial charge >= 0.3 is 28.1 Å². The molecule has 2 saturated carbocycles. The molecule has 8 atom stereocenters. The van der Waals surface area contributed by atoms with E-state index in [0.29, 0.717) is 19.3 Å². The lowest BCUT2D eigenvalue weighted by Gasteiger charge is -2.44. The topological polar surface area (TPSA) is 135 Å². The number of carbonyl (C=O) groups is 3. The lowest BCUT2D eigenvalue weighted by Crippen LogP contribution is -2.45. The number of ether oxygens (including phenoxy) is 1. The van der Waals surface area contributed by atoms with E-state index < -0.39 is 39.6 Å². The van der Waals surface area contributed by atoms with Crippen LogP contribution in [0.1, 0.15) is 85.2 Å². The summed E-state index contributed by atoms with van der Waals surface area (Å²) in [6.07, 6.45) is 3.65. The third-order valence-electron chi connectivity index (χ3n) is 10.6. The number of halogens is 7. The Labute approximate surface area is 310 Å². The SMILES string of the molecule is C[C@@H]1CC2(Cc3ccc(Br)cc3C2=O)C[C@H](C)C1O.C[C@@H]1CC2(Cc3ccc(Br)cc3C2=O)C[C@H](C)C1OC(F)F.O=C(O)C(F)(F)S(=O)(=O)F. The molecule has 4 aliphatic carbocycles. The minimum absolute atomic E-state index is 0.0561. The lowest BCUT2D eigenvalue weighted by molar-refractivity contribution is -0.201. The average Bonchev–Trinajstić information content (AvgIpc) is 3.42. The number of benzene rings is 2. The number of hydrogen-bond acceptors (Lipinski definition) is 7. The molecule has 4 unspecified atom stereocenters. The molecule has 2 aromatic rings. The second-order valence-corrected chi connectivity index (χ2v) is 17.7. The molecule has 2 N–H and O–H groups in total. The van der Waals surface area contributed by atoms with Crippen molar-refractivity contribution in [3.63, 3.8) is 0 Å². The van der Waals surface area contributed by atoms with Crippen molar-refractivity contribution in [1.82, 2.24) is 0 Å². The molecule has 16 heteroatoms. The fourth-order valence-corrected chi connectivity index (χ4v) is 9.60. The Morgan fingerprint density at radius 1 is 0.824 bits per heavy atom. The zero-order valence-electron chi connectivity index (χ0n) is 28.1. The molecule has 51 heavy (non-hydrogen) atoms. The highest BCUT2D eigenvalue weighted by Gasteiger charge is 2.55. The van der Waals surface area contributed by atoms with Crippen LogP contribution in [0.3, 0.4) is 0 Å². The predicted molar refractivity (Wildman–Crippen MR) is 184 cm³/mol. The van der Waals surface area contributed by atoms with E-state index in [1.165, 1.54) is 5.56 Å². The van der Waals surface area contributed by atoms with Gasteiger partial charge in [0.15, 0.2) is 11.6 Å². The smallest absolute Gasteiger partial charge is 0.470 e. The maximum atomic E-state index is 12.9. The number of hydrogen-bond donors (Lipinski definition) is 2. The quantitative estimate of drug-likeness (QED) is 0.231. The van der Waals surface area contributed by atoms with Gasteiger partial charge in [0.1, 0.15) is 0 Å². The summed E-state index contributed by atoms with van der Waals surface area (Å²) in [5.74, 6) is -2.29. The average molecular weight is 875 g/mol. The molecule has 282 valence electrons. The molecule has 0 bridgehead atoms. The van der Waals surface area contributed by atoms with Gasteiger partial charge < -0.3 is 14.9 Å². The van der Waals surface area contributed by atoms with E-state index in [0.717, 1.165) is 44.9 Å².